The number of pyridine rings is 1. The van der Waals surface area contributed by atoms with Gasteiger partial charge in [0, 0.05) is 17.8 Å². The summed E-state index contributed by atoms with van der Waals surface area (Å²) in [6.45, 7) is 4.21. The molecule has 0 radical (unpaired) electrons. The van der Waals surface area contributed by atoms with E-state index in [0.717, 1.165) is 17.0 Å². The van der Waals surface area contributed by atoms with E-state index in [1.54, 1.807) is 13.3 Å². The Labute approximate surface area is 157 Å². The third kappa shape index (κ3) is 3.17. The molecule has 27 heavy (non-hydrogen) atoms. The predicted molar refractivity (Wildman–Crippen MR) is 104 cm³/mol. The van der Waals surface area contributed by atoms with Gasteiger partial charge in [0.15, 0.2) is 0 Å². The van der Waals surface area contributed by atoms with Gasteiger partial charge in [0.05, 0.1) is 12.8 Å². The zero-order chi connectivity index (χ0) is 18.8. The van der Waals surface area contributed by atoms with Gasteiger partial charge in [0.1, 0.15) is 11.4 Å². The van der Waals surface area contributed by atoms with Crippen LogP contribution in [0.5, 0.6) is 5.75 Å². The third-order valence-electron chi connectivity index (χ3n) is 4.47. The van der Waals surface area contributed by atoms with Gasteiger partial charge in [0.25, 0.3) is 0 Å². The second-order valence-electron chi connectivity index (χ2n) is 6.27. The number of benzene rings is 2. The molecule has 2 aromatic heterocycles. The molecular weight excluding hydrogens is 338 g/mol. The molecule has 6 nitrogen and oxygen atoms in total. The largest absolute Gasteiger partial charge is 0.496 e. The Morgan fingerprint density at radius 2 is 1.74 bits per heavy atom. The molecule has 6 heteroatoms. The molecule has 0 aliphatic rings. The number of hydrogen-bond acceptors (Lipinski definition) is 5. The smallest absolute Gasteiger partial charge is 0.223 e. The maximum absolute atomic E-state index is 5.66. The summed E-state index contributed by atoms with van der Waals surface area (Å²) < 4.78 is 5.66. The topological polar surface area (TPSA) is 65.7 Å². The summed E-state index contributed by atoms with van der Waals surface area (Å²) in [6, 6.07) is 17.8. The van der Waals surface area contributed by atoms with Crippen LogP contribution in [0.2, 0.25) is 0 Å². The highest BCUT2D eigenvalue weighted by molar-refractivity contribution is 5.77. The van der Waals surface area contributed by atoms with Gasteiger partial charge in [-0.2, -0.15) is 0 Å². The number of tetrazole rings is 1. The van der Waals surface area contributed by atoms with Gasteiger partial charge in [-0.15, -0.1) is 15.0 Å². The quantitative estimate of drug-likeness (QED) is 0.552. The fraction of sp³-hybridized carbons (Fsp3) is 0.143. The van der Waals surface area contributed by atoms with E-state index in [-0.39, 0.29) is 0 Å². The molecule has 2 heterocycles. The van der Waals surface area contributed by atoms with Crippen molar-refractivity contribution in [1.82, 2.24) is 25.2 Å². The van der Waals surface area contributed by atoms with E-state index in [1.807, 2.05) is 36.4 Å². The SMILES string of the molecule is COc1cc(-n2nnc(-c3ccccn3)n2)ccc1-c1c(C)cccc1C. The maximum Gasteiger partial charge on any atom is 0.223 e. The van der Waals surface area contributed by atoms with Gasteiger partial charge in [-0.3, -0.25) is 4.98 Å². The second kappa shape index (κ2) is 6.99. The second-order valence-corrected chi connectivity index (χ2v) is 6.27. The molecule has 134 valence electrons. The lowest BCUT2D eigenvalue weighted by molar-refractivity contribution is 0.416. The van der Waals surface area contributed by atoms with Crippen LogP contribution in [0.15, 0.2) is 60.8 Å². The van der Waals surface area contributed by atoms with Crippen LogP contribution >= 0.6 is 0 Å². The number of ether oxygens (including phenoxy) is 1. The van der Waals surface area contributed by atoms with Crippen LogP contribution in [0, 0.1) is 13.8 Å². The Bertz CT molecular complexity index is 1070. The van der Waals surface area contributed by atoms with E-state index in [2.05, 4.69) is 52.4 Å². The summed E-state index contributed by atoms with van der Waals surface area (Å²) in [4.78, 5) is 5.75. The first kappa shape index (κ1) is 16.9. The van der Waals surface area contributed by atoms with Crippen LogP contribution < -0.4 is 4.74 Å². The average molecular weight is 357 g/mol. The van der Waals surface area contributed by atoms with Crippen LogP contribution in [0.4, 0.5) is 0 Å². The molecule has 0 saturated carbocycles. The molecule has 0 unspecified atom stereocenters. The van der Waals surface area contributed by atoms with Gasteiger partial charge in [-0.05, 0) is 60.0 Å². The molecule has 0 amide bonds. The standard InChI is InChI=1S/C21H19N5O/c1-14-7-6-8-15(2)20(14)17-11-10-16(13-19(17)27-3)26-24-21(23-25-26)18-9-4-5-12-22-18/h4-13H,1-3H3. The zero-order valence-electron chi connectivity index (χ0n) is 15.4. The zero-order valence-corrected chi connectivity index (χ0v) is 15.4. The first-order chi connectivity index (χ1) is 13.2. The number of nitrogens with zero attached hydrogens (tertiary/aromatic N) is 5. The molecule has 2 aromatic carbocycles. The molecule has 0 atom stereocenters. The lowest BCUT2D eigenvalue weighted by Gasteiger charge is -2.14. The summed E-state index contributed by atoms with van der Waals surface area (Å²) in [5.41, 5.74) is 6.10. The monoisotopic (exact) mass is 357 g/mol. The number of hydrogen-bond donors (Lipinski definition) is 0. The molecule has 0 aliphatic heterocycles. The molecule has 0 fully saturated rings. The van der Waals surface area contributed by atoms with Gasteiger partial charge in [0.2, 0.25) is 5.82 Å². The fourth-order valence-electron chi connectivity index (χ4n) is 3.17. The molecular formula is C21H19N5O. The lowest BCUT2D eigenvalue weighted by Crippen LogP contribution is -2.01. The van der Waals surface area contributed by atoms with Crippen LogP contribution in [-0.4, -0.2) is 32.3 Å². The van der Waals surface area contributed by atoms with E-state index in [0.29, 0.717) is 11.5 Å². The van der Waals surface area contributed by atoms with Crippen molar-refractivity contribution in [3.8, 4) is 34.1 Å². The third-order valence-corrected chi connectivity index (χ3v) is 4.47. The highest BCUT2D eigenvalue weighted by Gasteiger charge is 2.14. The highest BCUT2D eigenvalue weighted by Crippen LogP contribution is 2.35. The van der Waals surface area contributed by atoms with Crippen molar-refractivity contribution < 1.29 is 4.74 Å². The van der Waals surface area contributed by atoms with Crippen LogP contribution in [0.1, 0.15) is 11.1 Å². The minimum Gasteiger partial charge on any atom is -0.496 e. The molecule has 0 saturated heterocycles. The predicted octanol–water partition coefficient (Wildman–Crippen LogP) is 4.02. The van der Waals surface area contributed by atoms with Crippen molar-refractivity contribution in [3.05, 3.63) is 71.9 Å². The number of aryl methyl sites for hydroxylation is 2. The fourth-order valence-corrected chi connectivity index (χ4v) is 3.17. The average Bonchev–Trinajstić information content (AvgIpc) is 3.19. The summed E-state index contributed by atoms with van der Waals surface area (Å²) in [5, 5.41) is 12.7. The van der Waals surface area contributed by atoms with Gasteiger partial charge < -0.3 is 4.74 Å². The molecule has 0 spiro atoms. The van der Waals surface area contributed by atoms with Crippen LogP contribution in [0.25, 0.3) is 28.3 Å². The summed E-state index contributed by atoms with van der Waals surface area (Å²) in [6.07, 6.45) is 1.71. The normalized spacial score (nSPS) is 10.8. The van der Waals surface area contributed by atoms with Crippen LogP contribution in [0.3, 0.4) is 0 Å². The van der Waals surface area contributed by atoms with Gasteiger partial charge in [-0.25, -0.2) is 0 Å². The minimum atomic E-state index is 0.480. The Balaban J connectivity index is 1.75. The Kier molecular flexibility index (Phi) is 4.38. The maximum atomic E-state index is 5.66. The summed E-state index contributed by atoms with van der Waals surface area (Å²) in [7, 11) is 1.67. The minimum absolute atomic E-state index is 0.480. The molecule has 4 aromatic rings. The number of aromatic nitrogens is 5. The lowest BCUT2D eigenvalue weighted by atomic mass is 9.95. The molecule has 0 aliphatic carbocycles. The highest BCUT2D eigenvalue weighted by atomic mass is 16.5. The van der Waals surface area contributed by atoms with E-state index in [1.165, 1.54) is 21.5 Å². The van der Waals surface area contributed by atoms with E-state index in [9.17, 15) is 0 Å². The van der Waals surface area contributed by atoms with E-state index < -0.39 is 0 Å². The Hall–Kier alpha value is -3.54. The summed E-state index contributed by atoms with van der Waals surface area (Å²) >= 11 is 0. The van der Waals surface area contributed by atoms with Crippen molar-refractivity contribution in [2.24, 2.45) is 0 Å². The van der Waals surface area contributed by atoms with Crippen molar-refractivity contribution in [3.63, 3.8) is 0 Å². The van der Waals surface area contributed by atoms with Crippen molar-refractivity contribution in [2.75, 3.05) is 7.11 Å². The Morgan fingerprint density at radius 1 is 0.926 bits per heavy atom. The van der Waals surface area contributed by atoms with Crippen molar-refractivity contribution in [1.29, 1.82) is 0 Å². The molecule has 0 bridgehead atoms. The van der Waals surface area contributed by atoms with Crippen LogP contribution in [-0.2, 0) is 0 Å². The van der Waals surface area contributed by atoms with E-state index >= 15 is 0 Å². The van der Waals surface area contributed by atoms with Crippen molar-refractivity contribution >= 4 is 0 Å². The van der Waals surface area contributed by atoms with Crippen molar-refractivity contribution in [2.45, 2.75) is 13.8 Å². The first-order valence-corrected chi connectivity index (χ1v) is 8.64. The van der Waals surface area contributed by atoms with E-state index in [4.69, 9.17) is 4.74 Å². The Morgan fingerprint density at radius 3 is 2.44 bits per heavy atom. The first-order valence-electron chi connectivity index (χ1n) is 8.64. The number of rotatable bonds is 4. The van der Waals surface area contributed by atoms with Gasteiger partial charge in [-0.1, -0.05) is 24.3 Å². The molecule has 4 rings (SSSR count). The van der Waals surface area contributed by atoms with Gasteiger partial charge >= 0.3 is 0 Å². The number of methoxy groups -OCH3 is 1. The summed E-state index contributed by atoms with van der Waals surface area (Å²) in [5.74, 6) is 1.25. The molecule has 0 N–H and O–H groups in total.